The zero-order chi connectivity index (χ0) is 21.1. The number of carbonyl (C=O) groups excluding carboxylic acids is 1. The molecule has 0 radical (unpaired) electrons. The third-order valence-electron chi connectivity index (χ3n) is 5.90. The Balaban J connectivity index is 1.60. The highest BCUT2D eigenvalue weighted by Crippen LogP contribution is 2.26. The van der Waals surface area contributed by atoms with Gasteiger partial charge in [0.05, 0.1) is 28.8 Å². The quantitative estimate of drug-likeness (QED) is 0.529. The van der Waals surface area contributed by atoms with Crippen molar-refractivity contribution in [2.45, 2.75) is 81.0 Å². The van der Waals surface area contributed by atoms with E-state index in [0.29, 0.717) is 27.6 Å². The van der Waals surface area contributed by atoms with Crippen molar-refractivity contribution >= 4 is 40.2 Å². The van der Waals surface area contributed by atoms with E-state index in [4.69, 9.17) is 21.3 Å². The van der Waals surface area contributed by atoms with E-state index in [-0.39, 0.29) is 28.9 Å². The minimum absolute atomic E-state index is 0.0000262. The fraction of sp³-hybridized carbons (Fsp3) is 0.591. The first-order valence-electron chi connectivity index (χ1n) is 10.8. The summed E-state index contributed by atoms with van der Waals surface area (Å²) < 4.78 is 7.42. The normalized spacial score (nSPS) is 21.1. The monoisotopic (exact) mass is 449 g/mol. The van der Waals surface area contributed by atoms with Gasteiger partial charge in [0, 0.05) is 17.7 Å². The van der Waals surface area contributed by atoms with E-state index in [9.17, 15) is 9.59 Å². The Bertz CT molecular complexity index is 968. The number of benzene rings is 1. The van der Waals surface area contributed by atoms with Crippen LogP contribution < -0.4 is 10.9 Å². The van der Waals surface area contributed by atoms with Crippen molar-refractivity contribution in [3.8, 4) is 0 Å². The van der Waals surface area contributed by atoms with Gasteiger partial charge < -0.3 is 10.1 Å². The van der Waals surface area contributed by atoms with Crippen LogP contribution in [0.3, 0.4) is 0 Å². The molecule has 1 aliphatic heterocycles. The lowest BCUT2D eigenvalue weighted by atomic mass is 9.95. The summed E-state index contributed by atoms with van der Waals surface area (Å²) in [5.74, 6) is -0.00370. The average Bonchev–Trinajstić information content (AvgIpc) is 3.24. The molecule has 2 fully saturated rings. The highest BCUT2D eigenvalue weighted by Gasteiger charge is 2.25. The Morgan fingerprint density at radius 2 is 2.10 bits per heavy atom. The molecule has 2 aromatic rings. The number of amides is 1. The third-order valence-corrected chi connectivity index (χ3v) is 7.22. The summed E-state index contributed by atoms with van der Waals surface area (Å²) in [6.45, 7) is 3.04. The van der Waals surface area contributed by atoms with Crippen LogP contribution in [0.5, 0.6) is 0 Å². The minimum Gasteiger partial charge on any atom is -0.376 e. The highest BCUT2D eigenvalue weighted by molar-refractivity contribution is 8.00. The van der Waals surface area contributed by atoms with Crippen molar-refractivity contribution in [3.63, 3.8) is 0 Å². The smallest absolute Gasteiger partial charge is 0.262 e. The lowest BCUT2D eigenvalue weighted by Gasteiger charge is -2.24. The van der Waals surface area contributed by atoms with Crippen molar-refractivity contribution < 1.29 is 9.53 Å². The Labute approximate surface area is 185 Å². The number of ether oxygens (including phenoxy) is 1. The van der Waals surface area contributed by atoms with Gasteiger partial charge in [0.2, 0.25) is 5.91 Å². The van der Waals surface area contributed by atoms with Gasteiger partial charge in [0.25, 0.3) is 5.56 Å². The molecule has 1 saturated heterocycles. The molecule has 4 rings (SSSR count). The first kappa shape index (κ1) is 21.7. The van der Waals surface area contributed by atoms with Crippen LogP contribution >= 0.6 is 23.4 Å². The maximum absolute atomic E-state index is 13.2. The summed E-state index contributed by atoms with van der Waals surface area (Å²) in [7, 11) is 0. The fourth-order valence-corrected chi connectivity index (χ4v) is 5.29. The molecular formula is C22H28ClN3O3S. The molecule has 2 aliphatic rings. The van der Waals surface area contributed by atoms with Gasteiger partial charge in [-0.1, -0.05) is 42.6 Å². The molecule has 0 bridgehead atoms. The first-order valence-corrected chi connectivity index (χ1v) is 12.1. The number of halogens is 1. The topological polar surface area (TPSA) is 73.2 Å². The number of nitrogens with one attached hydrogen (secondary N) is 1. The molecule has 1 amide bonds. The van der Waals surface area contributed by atoms with Crippen LogP contribution in [-0.4, -0.2) is 39.5 Å². The highest BCUT2D eigenvalue weighted by atomic mass is 35.5. The zero-order valence-electron chi connectivity index (χ0n) is 17.2. The van der Waals surface area contributed by atoms with E-state index in [1.807, 2.05) is 6.92 Å². The van der Waals surface area contributed by atoms with Gasteiger partial charge in [0.1, 0.15) is 0 Å². The predicted molar refractivity (Wildman–Crippen MR) is 120 cm³/mol. The second-order valence-electron chi connectivity index (χ2n) is 8.21. The Kier molecular flexibility index (Phi) is 7.01. The number of nitrogens with zero attached hydrogens (tertiary/aromatic N) is 2. The summed E-state index contributed by atoms with van der Waals surface area (Å²) >= 11 is 7.45. The van der Waals surface area contributed by atoms with Crippen LogP contribution in [0, 0.1) is 0 Å². The number of carbonyl (C=O) groups is 1. The van der Waals surface area contributed by atoms with Crippen LogP contribution in [0.1, 0.15) is 51.9 Å². The molecule has 2 unspecified atom stereocenters. The zero-order valence-corrected chi connectivity index (χ0v) is 18.8. The van der Waals surface area contributed by atoms with E-state index in [0.717, 1.165) is 32.3 Å². The van der Waals surface area contributed by atoms with E-state index in [1.165, 1.54) is 31.0 Å². The molecule has 2 heterocycles. The Morgan fingerprint density at radius 3 is 2.83 bits per heavy atom. The van der Waals surface area contributed by atoms with Gasteiger partial charge in [-0.2, -0.15) is 0 Å². The largest absolute Gasteiger partial charge is 0.376 e. The van der Waals surface area contributed by atoms with Crippen molar-refractivity contribution in [2.75, 3.05) is 6.61 Å². The molecule has 1 N–H and O–H groups in total. The number of hydrogen-bond donors (Lipinski definition) is 1. The summed E-state index contributed by atoms with van der Waals surface area (Å²) in [5.41, 5.74) is 0.438. The van der Waals surface area contributed by atoms with Crippen LogP contribution in [0.25, 0.3) is 10.9 Å². The summed E-state index contributed by atoms with van der Waals surface area (Å²) in [4.78, 5) is 30.7. The van der Waals surface area contributed by atoms with Crippen LogP contribution in [-0.2, 0) is 16.1 Å². The first-order chi connectivity index (χ1) is 14.5. The van der Waals surface area contributed by atoms with Gasteiger partial charge >= 0.3 is 0 Å². The van der Waals surface area contributed by atoms with Gasteiger partial charge in [-0.3, -0.25) is 14.2 Å². The van der Waals surface area contributed by atoms with E-state index in [1.54, 1.807) is 22.8 Å². The van der Waals surface area contributed by atoms with Crippen LogP contribution in [0.2, 0.25) is 5.02 Å². The van der Waals surface area contributed by atoms with Crippen LogP contribution in [0.4, 0.5) is 0 Å². The number of hydrogen-bond acceptors (Lipinski definition) is 5. The number of fused-ring (bicyclic) bond motifs is 1. The van der Waals surface area contributed by atoms with Gasteiger partial charge in [0.15, 0.2) is 5.16 Å². The summed E-state index contributed by atoms with van der Waals surface area (Å²) in [5, 5.41) is 4.42. The van der Waals surface area contributed by atoms with Crippen molar-refractivity contribution in [2.24, 2.45) is 0 Å². The lowest BCUT2D eigenvalue weighted by molar-refractivity contribution is -0.121. The number of aromatic nitrogens is 2. The van der Waals surface area contributed by atoms with E-state index >= 15 is 0 Å². The molecule has 0 spiro atoms. The number of thioether (sulfide) groups is 1. The van der Waals surface area contributed by atoms with Crippen molar-refractivity contribution in [3.05, 3.63) is 33.6 Å². The minimum atomic E-state index is -0.355. The molecule has 6 nitrogen and oxygen atoms in total. The molecule has 1 aromatic heterocycles. The maximum Gasteiger partial charge on any atom is 0.262 e. The molecule has 1 aliphatic carbocycles. The fourth-order valence-electron chi connectivity index (χ4n) is 4.19. The van der Waals surface area contributed by atoms with E-state index < -0.39 is 0 Å². The second-order valence-corrected chi connectivity index (χ2v) is 9.95. The standard InChI is InChI=1S/C22H28ClN3O3S/c1-14(20(27)24-16-6-3-2-4-7-16)30-22-25-19-12-15(23)9-10-18(19)21(28)26(22)13-17-8-5-11-29-17/h9-10,12,14,16-17H,2-8,11,13H2,1H3,(H,24,27). The predicted octanol–water partition coefficient (Wildman–Crippen LogP) is 4.16. The molecule has 1 saturated carbocycles. The molecule has 1 aromatic carbocycles. The Morgan fingerprint density at radius 1 is 1.30 bits per heavy atom. The second kappa shape index (κ2) is 9.71. The van der Waals surface area contributed by atoms with Crippen molar-refractivity contribution in [1.82, 2.24) is 14.9 Å². The molecule has 162 valence electrons. The van der Waals surface area contributed by atoms with Gasteiger partial charge in [-0.05, 0) is 50.8 Å². The average molecular weight is 450 g/mol. The van der Waals surface area contributed by atoms with Gasteiger partial charge in [-0.25, -0.2) is 4.98 Å². The molecule has 8 heteroatoms. The molecule has 30 heavy (non-hydrogen) atoms. The van der Waals surface area contributed by atoms with E-state index in [2.05, 4.69) is 5.32 Å². The summed E-state index contributed by atoms with van der Waals surface area (Å²) in [6.07, 6.45) is 7.58. The lowest BCUT2D eigenvalue weighted by Crippen LogP contribution is -2.40. The van der Waals surface area contributed by atoms with Gasteiger partial charge in [-0.15, -0.1) is 0 Å². The van der Waals surface area contributed by atoms with Crippen molar-refractivity contribution in [1.29, 1.82) is 0 Å². The SMILES string of the molecule is CC(Sc1nc2cc(Cl)ccc2c(=O)n1CC1CCCO1)C(=O)NC1CCCCC1. The summed E-state index contributed by atoms with van der Waals surface area (Å²) in [6, 6.07) is 5.38. The molecular weight excluding hydrogens is 422 g/mol. The Hall–Kier alpha value is -1.57. The third kappa shape index (κ3) is 5.01. The molecule has 2 atom stereocenters. The maximum atomic E-state index is 13.2. The number of rotatable bonds is 6. The van der Waals surface area contributed by atoms with Crippen LogP contribution in [0.15, 0.2) is 28.2 Å².